The Kier molecular flexibility index (Phi) is 4.57. The van der Waals surface area contributed by atoms with Crippen LogP contribution in [0.2, 0.25) is 0 Å². The minimum atomic E-state index is -1.08. The molecule has 1 aromatic heterocycles. The normalized spacial score (nSPS) is 11.7. The van der Waals surface area contributed by atoms with Crippen molar-refractivity contribution in [1.29, 1.82) is 5.26 Å². The molecule has 0 amide bonds. The fourth-order valence-corrected chi connectivity index (χ4v) is 1.33. The molecule has 0 aliphatic carbocycles. The van der Waals surface area contributed by atoms with Gasteiger partial charge in [0, 0.05) is 7.11 Å². The fraction of sp³-hybridized carbons (Fsp3) is 0.455. The van der Waals surface area contributed by atoms with E-state index in [9.17, 15) is 4.79 Å². The maximum absolute atomic E-state index is 10.8. The van der Waals surface area contributed by atoms with E-state index in [-0.39, 0.29) is 12.4 Å². The van der Waals surface area contributed by atoms with Gasteiger partial charge in [0.15, 0.2) is 11.9 Å². The van der Waals surface area contributed by atoms with Gasteiger partial charge in [-0.05, 0) is 19.4 Å². The van der Waals surface area contributed by atoms with Crippen molar-refractivity contribution in [2.75, 3.05) is 19.0 Å². The average molecular weight is 250 g/mol. The van der Waals surface area contributed by atoms with Crippen molar-refractivity contribution in [3.05, 3.63) is 16.8 Å². The molecule has 2 N–H and O–H groups in total. The first-order valence-electron chi connectivity index (χ1n) is 5.24. The van der Waals surface area contributed by atoms with Gasteiger partial charge in [-0.3, -0.25) is 0 Å². The van der Waals surface area contributed by atoms with Crippen molar-refractivity contribution in [1.82, 2.24) is 10.2 Å². The second-order valence-corrected chi connectivity index (χ2v) is 3.69. The molecule has 7 nitrogen and oxygen atoms in total. The summed E-state index contributed by atoms with van der Waals surface area (Å²) in [4.78, 5) is 10.8. The molecule has 18 heavy (non-hydrogen) atoms. The molecule has 1 aromatic rings. The number of carbonyl (C=O) groups is 1. The molecule has 1 rings (SSSR count). The number of ether oxygens (including phenoxy) is 1. The Balaban J connectivity index is 2.89. The number of aryl methyl sites for hydroxylation is 1. The van der Waals surface area contributed by atoms with Gasteiger partial charge >= 0.3 is 5.97 Å². The first-order valence-corrected chi connectivity index (χ1v) is 5.24. The van der Waals surface area contributed by atoms with Gasteiger partial charge in [0.05, 0.1) is 12.2 Å². The van der Waals surface area contributed by atoms with Crippen LogP contribution in [0, 0.1) is 25.2 Å². The highest BCUT2D eigenvalue weighted by molar-refractivity contribution is 5.73. The van der Waals surface area contributed by atoms with E-state index in [4.69, 9.17) is 15.1 Å². The van der Waals surface area contributed by atoms with Crippen molar-refractivity contribution >= 4 is 11.8 Å². The number of carboxylic acids is 1. The topological polar surface area (TPSA) is 108 Å². The molecule has 0 aliphatic heterocycles. The summed E-state index contributed by atoms with van der Waals surface area (Å²) in [5.41, 5.74) is 1.75. The summed E-state index contributed by atoms with van der Waals surface area (Å²) < 4.78 is 4.77. The maximum Gasteiger partial charge on any atom is 0.334 e. The van der Waals surface area contributed by atoms with Crippen molar-refractivity contribution in [3.8, 4) is 6.07 Å². The molecule has 96 valence electrons. The molecule has 0 aliphatic rings. The molecule has 0 radical (unpaired) electrons. The second kappa shape index (κ2) is 5.93. The minimum Gasteiger partial charge on any atom is -0.479 e. The zero-order chi connectivity index (χ0) is 13.7. The molecule has 0 saturated heterocycles. The lowest BCUT2D eigenvalue weighted by Gasteiger charge is -2.13. The lowest BCUT2D eigenvalue weighted by molar-refractivity contribution is -0.147. The van der Waals surface area contributed by atoms with Crippen LogP contribution in [-0.4, -0.2) is 41.0 Å². The van der Waals surface area contributed by atoms with Crippen molar-refractivity contribution in [2.45, 2.75) is 20.0 Å². The average Bonchev–Trinajstić information content (AvgIpc) is 2.34. The fourth-order valence-electron chi connectivity index (χ4n) is 1.33. The third-order valence-corrected chi connectivity index (χ3v) is 2.58. The number of aromatic nitrogens is 2. The maximum atomic E-state index is 10.8. The summed E-state index contributed by atoms with van der Waals surface area (Å²) in [5.74, 6) is -0.816. The molecule has 0 saturated carbocycles. The van der Waals surface area contributed by atoms with Crippen LogP contribution < -0.4 is 5.32 Å². The van der Waals surface area contributed by atoms with E-state index in [2.05, 4.69) is 15.5 Å². The van der Waals surface area contributed by atoms with E-state index < -0.39 is 12.1 Å². The van der Waals surface area contributed by atoms with Crippen LogP contribution in [0.1, 0.15) is 16.8 Å². The van der Waals surface area contributed by atoms with Gasteiger partial charge in [-0.1, -0.05) is 0 Å². The number of methoxy groups -OCH3 is 1. The van der Waals surface area contributed by atoms with Crippen LogP contribution in [0.4, 0.5) is 5.82 Å². The van der Waals surface area contributed by atoms with Gasteiger partial charge in [0.25, 0.3) is 0 Å². The molecular formula is C11H14N4O3. The Morgan fingerprint density at radius 3 is 2.72 bits per heavy atom. The first kappa shape index (κ1) is 13.9. The third-order valence-electron chi connectivity index (χ3n) is 2.58. The monoisotopic (exact) mass is 250 g/mol. The summed E-state index contributed by atoms with van der Waals surface area (Å²) in [7, 11) is 1.30. The zero-order valence-corrected chi connectivity index (χ0v) is 10.4. The summed E-state index contributed by atoms with van der Waals surface area (Å²) in [6, 6.07) is 2.02. The van der Waals surface area contributed by atoms with Gasteiger partial charge in [-0.15, -0.1) is 5.10 Å². The van der Waals surface area contributed by atoms with E-state index in [0.29, 0.717) is 11.3 Å². The quantitative estimate of drug-likeness (QED) is 0.782. The number of hydrogen-bond donors (Lipinski definition) is 2. The van der Waals surface area contributed by atoms with Crippen LogP contribution in [0.3, 0.4) is 0 Å². The Labute approximate surface area is 104 Å². The highest BCUT2D eigenvalue weighted by atomic mass is 16.5. The molecule has 0 bridgehead atoms. The standard InChI is InChI=1S/C11H14N4O3/c1-6-7(2)14-15-10(8(6)4-12)13-5-9(18-3)11(16)17/h9H,5H2,1-3H3,(H,13,15)(H,16,17). The molecule has 0 aromatic carbocycles. The van der Waals surface area contributed by atoms with Crippen molar-refractivity contribution < 1.29 is 14.6 Å². The van der Waals surface area contributed by atoms with E-state index in [1.165, 1.54) is 7.11 Å². The van der Waals surface area contributed by atoms with E-state index >= 15 is 0 Å². The van der Waals surface area contributed by atoms with E-state index in [1.54, 1.807) is 13.8 Å². The number of nitrogens with zero attached hydrogens (tertiary/aromatic N) is 3. The number of nitriles is 1. The number of rotatable bonds is 5. The second-order valence-electron chi connectivity index (χ2n) is 3.69. The minimum absolute atomic E-state index is 0.0116. The molecule has 1 atom stereocenters. The van der Waals surface area contributed by atoms with Gasteiger partial charge in [0.1, 0.15) is 11.6 Å². The van der Waals surface area contributed by atoms with Crippen LogP contribution in [0.25, 0.3) is 0 Å². The van der Waals surface area contributed by atoms with E-state index in [1.807, 2.05) is 6.07 Å². The Morgan fingerprint density at radius 2 is 2.22 bits per heavy atom. The molecule has 0 spiro atoms. The van der Waals surface area contributed by atoms with Gasteiger partial charge in [0.2, 0.25) is 0 Å². The highest BCUT2D eigenvalue weighted by Crippen LogP contribution is 2.16. The number of hydrogen-bond acceptors (Lipinski definition) is 6. The van der Waals surface area contributed by atoms with Crippen LogP contribution >= 0.6 is 0 Å². The lowest BCUT2D eigenvalue weighted by Crippen LogP contribution is -2.31. The summed E-state index contributed by atoms with van der Waals surface area (Å²) >= 11 is 0. The Hall–Kier alpha value is -2.20. The number of nitrogens with one attached hydrogen (secondary N) is 1. The SMILES string of the molecule is COC(CNc1nnc(C)c(C)c1C#N)C(=O)O. The van der Waals surface area contributed by atoms with Crippen LogP contribution in [0.15, 0.2) is 0 Å². The number of aliphatic carboxylic acids is 1. The molecule has 1 heterocycles. The highest BCUT2D eigenvalue weighted by Gasteiger charge is 2.18. The predicted molar refractivity (Wildman–Crippen MR) is 63.1 cm³/mol. The number of anilines is 1. The lowest BCUT2D eigenvalue weighted by atomic mass is 10.1. The predicted octanol–water partition coefficient (Wildman–Crippen LogP) is 0.477. The smallest absolute Gasteiger partial charge is 0.334 e. The van der Waals surface area contributed by atoms with Gasteiger partial charge in [-0.25, -0.2) is 4.79 Å². The molecule has 0 fully saturated rings. The molecule has 1 unspecified atom stereocenters. The largest absolute Gasteiger partial charge is 0.479 e. The van der Waals surface area contributed by atoms with Crippen LogP contribution in [0.5, 0.6) is 0 Å². The van der Waals surface area contributed by atoms with Crippen molar-refractivity contribution in [3.63, 3.8) is 0 Å². The summed E-state index contributed by atoms with van der Waals surface area (Å²) in [6.45, 7) is 3.53. The third kappa shape index (κ3) is 2.93. The summed E-state index contributed by atoms with van der Waals surface area (Å²) in [5, 5.41) is 28.4. The van der Waals surface area contributed by atoms with Gasteiger partial charge < -0.3 is 15.2 Å². The Bertz CT molecular complexity index is 496. The van der Waals surface area contributed by atoms with Crippen LogP contribution in [-0.2, 0) is 9.53 Å². The number of carboxylic acid groups (broad SMARTS) is 1. The zero-order valence-electron chi connectivity index (χ0n) is 10.4. The van der Waals surface area contributed by atoms with Crippen molar-refractivity contribution in [2.24, 2.45) is 0 Å². The molecular weight excluding hydrogens is 236 g/mol. The van der Waals surface area contributed by atoms with Gasteiger partial charge in [-0.2, -0.15) is 10.4 Å². The Morgan fingerprint density at radius 1 is 1.56 bits per heavy atom. The summed E-state index contributed by atoms with van der Waals surface area (Å²) in [6.07, 6.45) is -1.00. The first-order chi connectivity index (χ1) is 8.51. The molecule has 7 heteroatoms. The van der Waals surface area contributed by atoms with E-state index in [0.717, 1.165) is 5.56 Å².